The van der Waals surface area contributed by atoms with E-state index in [-0.39, 0.29) is 5.91 Å². The Balaban J connectivity index is 1.71. The molecule has 1 amide bonds. The van der Waals surface area contributed by atoms with Gasteiger partial charge in [0.1, 0.15) is 5.60 Å². The molecule has 132 valence electrons. The summed E-state index contributed by atoms with van der Waals surface area (Å²) in [5.74, 6) is -0.115. The molecule has 1 fully saturated rings. The Morgan fingerprint density at radius 3 is 2.56 bits per heavy atom. The van der Waals surface area contributed by atoms with E-state index < -0.39 is 5.60 Å². The molecule has 0 radical (unpaired) electrons. The standard InChI is InChI=1S/C19H21ClN2O2S/c1-24-19(9-11-21-12-10-19)18(23)22-14-7-8-17(16(20)13-14)25-15-5-3-2-4-6-15/h2-8,13,21H,9-12H2,1H3,(H,22,23). The van der Waals surface area contributed by atoms with Crippen molar-refractivity contribution in [3.05, 3.63) is 53.6 Å². The molecular weight excluding hydrogens is 356 g/mol. The number of hydrogen-bond donors (Lipinski definition) is 2. The van der Waals surface area contributed by atoms with Crippen molar-refractivity contribution in [1.29, 1.82) is 0 Å². The number of anilines is 1. The summed E-state index contributed by atoms with van der Waals surface area (Å²) >= 11 is 8.00. The van der Waals surface area contributed by atoms with Gasteiger partial charge in [-0.25, -0.2) is 0 Å². The van der Waals surface area contributed by atoms with Gasteiger partial charge >= 0.3 is 0 Å². The van der Waals surface area contributed by atoms with Crippen molar-refractivity contribution in [2.24, 2.45) is 0 Å². The van der Waals surface area contributed by atoms with Crippen LogP contribution in [0.3, 0.4) is 0 Å². The fourth-order valence-electron chi connectivity index (χ4n) is 2.88. The van der Waals surface area contributed by atoms with Crippen LogP contribution >= 0.6 is 23.4 Å². The lowest BCUT2D eigenvalue weighted by molar-refractivity contribution is -0.140. The lowest BCUT2D eigenvalue weighted by Gasteiger charge is -2.34. The maximum absolute atomic E-state index is 12.7. The SMILES string of the molecule is COC1(C(=O)Nc2ccc(Sc3ccccc3)c(Cl)c2)CCNCC1. The van der Waals surface area contributed by atoms with Crippen molar-refractivity contribution >= 4 is 35.0 Å². The Morgan fingerprint density at radius 2 is 1.92 bits per heavy atom. The third-order valence-electron chi connectivity index (χ3n) is 4.38. The molecule has 0 aliphatic carbocycles. The first-order chi connectivity index (χ1) is 12.1. The van der Waals surface area contributed by atoms with Gasteiger partial charge in [0.05, 0.1) is 5.02 Å². The van der Waals surface area contributed by atoms with Crippen LogP contribution in [-0.2, 0) is 9.53 Å². The van der Waals surface area contributed by atoms with Crippen LogP contribution in [0.25, 0.3) is 0 Å². The van der Waals surface area contributed by atoms with Gasteiger partial charge in [-0.15, -0.1) is 0 Å². The minimum atomic E-state index is -0.769. The van der Waals surface area contributed by atoms with E-state index in [0.29, 0.717) is 23.6 Å². The van der Waals surface area contributed by atoms with Gasteiger partial charge in [0.15, 0.2) is 0 Å². The highest BCUT2D eigenvalue weighted by Crippen LogP contribution is 2.35. The molecule has 1 heterocycles. The van der Waals surface area contributed by atoms with E-state index in [4.69, 9.17) is 16.3 Å². The molecule has 2 N–H and O–H groups in total. The normalized spacial score (nSPS) is 16.4. The molecule has 1 aliphatic heterocycles. The van der Waals surface area contributed by atoms with Gasteiger partial charge < -0.3 is 15.4 Å². The van der Waals surface area contributed by atoms with Gasteiger partial charge in [-0.2, -0.15) is 0 Å². The summed E-state index contributed by atoms with van der Waals surface area (Å²) in [4.78, 5) is 14.8. The van der Waals surface area contributed by atoms with Gasteiger partial charge in [-0.1, -0.05) is 41.6 Å². The van der Waals surface area contributed by atoms with Crippen molar-refractivity contribution in [3.63, 3.8) is 0 Å². The largest absolute Gasteiger partial charge is 0.368 e. The number of carbonyl (C=O) groups is 1. The van der Waals surface area contributed by atoms with E-state index in [0.717, 1.165) is 22.9 Å². The van der Waals surface area contributed by atoms with E-state index >= 15 is 0 Å². The van der Waals surface area contributed by atoms with E-state index in [1.807, 2.05) is 42.5 Å². The third kappa shape index (κ3) is 4.36. The zero-order valence-corrected chi connectivity index (χ0v) is 15.6. The fraction of sp³-hybridized carbons (Fsp3) is 0.316. The lowest BCUT2D eigenvalue weighted by atomic mass is 9.91. The molecular formula is C19H21ClN2O2S. The zero-order valence-electron chi connectivity index (χ0n) is 14.0. The summed E-state index contributed by atoms with van der Waals surface area (Å²) in [6.45, 7) is 1.54. The Hall–Kier alpha value is -1.53. The molecule has 0 atom stereocenters. The summed E-state index contributed by atoms with van der Waals surface area (Å²) in [6, 6.07) is 15.6. The Morgan fingerprint density at radius 1 is 1.20 bits per heavy atom. The van der Waals surface area contributed by atoms with Crippen LogP contribution in [0.1, 0.15) is 12.8 Å². The highest BCUT2D eigenvalue weighted by atomic mass is 35.5. The molecule has 2 aromatic rings. The second kappa shape index (κ2) is 8.23. The topological polar surface area (TPSA) is 50.4 Å². The highest BCUT2D eigenvalue weighted by molar-refractivity contribution is 7.99. The predicted octanol–water partition coefficient (Wildman–Crippen LogP) is 4.20. The first kappa shape index (κ1) is 18.3. The zero-order chi connectivity index (χ0) is 17.7. The third-order valence-corrected chi connectivity index (χ3v) is 5.89. The number of piperidine rings is 1. The van der Waals surface area contributed by atoms with Gasteiger partial charge in [0, 0.05) is 22.6 Å². The molecule has 2 aromatic carbocycles. The lowest BCUT2D eigenvalue weighted by Crippen LogP contribution is -2.51. The molecule has 1 saturated heterocycles. The Bertz CT molecular complexity index is 733. The van der Waals surface area contributed by atoms with Crippen LogP contribution in [-0.4, -0.2) is 31.7 Å². The van der Waals surface area contributed by atoms with Crippen molar-refractivity contribution in [2.75, 3.05) is 25.5 Å². The van der Waals surface area contributed by atoms with Crippen LogP contribution in [0.2, 0.25) is 5.02 Å². The number of benzene rings is 2. The van der Waals surface area contributed by atoms with Crippen LogP contribution in [0, 0.1) is 0 Å². The van der Waals surface area contributed by atoms with Crippen molar-refractivity contribution < 1.29 is 9.53 Å². The number of ether oxygens (including phenoxy) is 1. The first-order valence-electron chi connectivity index (χ1n) is 8.23. The monoisotopic (exact) mass is 376 g/mol. The summed E-state index contributed by atoms with van der Waals surface area (Å²) in [7, 11) is 1.59. The summed E-state index contributed by atoms with van der Waals surface area (Å²) in [5.41, 5.74) is -0.0859. The van der Waals surface area contributed by atoms with Gasteiger partial charge in [-0.05, 0) is 56.3 Å². The number of amides is 1. The average Bonchev–Trinajstić information content (AvgIpc) is 2.65. The molecule has 0 unspecified atom stereocenters. The molecule has 0 bridgehead atoms. The van der Waals surface area contributed by atoms with Crippen molar-refractivity contribution in [1.82, 2.24) is 5.32 Å². The molecule has 6 heteroatoms. The number of rotatable bonds is 5. The van der Waals surface area contributed by atoms with Crippen molar-refractivity contribution in [2.45, 2.75) is 28.2 Å². The minimum absolute atomic E-state index is 0.115. The van der Waals surface area contributed by atoms with Gasteiger partial charge in [0.2, 0.25) is 0 Å². The molecule has 0 spiro atoms. The van der Waals surface area contributed by atoms with Gasteiger partial charge in [0.25, 0.3) is 5.91 Å². The maximum atomic E-state index is 12.7. The first-order valence-corrected chi connectivity index (χ1v) is 9.42. The number of methoxy groups -OCH3 is 1. The van der Waals surface area contributed by atoms with Crippen LogP contribution in [0.5, 0.6) is 0 Å². The molecule has 3 rings (SSSR count). The second-order valence-electron chi connectivity index (χ2n) is 5.96. The van der Waals surface area contributed by atoms with E-state index in [1.54, 1.807) is 24.9 Å². The van der Waals surface area contributed by atoms with Crippen LogP contribution < -0.4 is 10.6 Å². The predicted molar refractivity (Wildman–Crippen MR) is 102 cm³/mol. The molecule has 1 aliphatic rings. The summed E-state index contributed by atoms with van der Waals surface area (Å²) in [6.07, 6.45) is 1.32. The van der Waals surface area contributed by atoms with E-state index in [2.05, 4.69) is 10.6 Å². The molecule has 0 saturated carbocycles. The van der Waals surface area contributed by atoms with Gasteiger partial charge in [-0.3, -0.25) is 4.79 Å². The maximum Gasteiger partial charge on any atom is 0.256 e. The highest BCUT2D eigenvalue weighted by Gasteiger charge is 2.39. The molecule has 0 aromatic heterocycles. The fourth-order valence-corrected chi connectivity index (χ4v) is 4.01. The Labute approximate surface area is 157 Å². The summed E-state index contributed by atoms with van der Waals surface area (Å²) in [5, 5.41) is 6.81. The Kier molecular flexibility index (Phi) is 6.02. The second-order valence-corrected chi connectivity index (χ2v) is 7.49. The number of halogens is 1. The number of nitrogens with one attached hydrogen (secondary N) is 2. The smallest absolute Gasteiger partial charge is 0.256 e. The van der Waals surface area contributed by atoms with Crippen molar-refractivity contribution in [3.8, 4) is 0 Å². The number of carbonyl (C=O) groups excluding carboxylic acids is 1. The van der Waals surface area contributed by atoms with E-state index in [1.165, 1.54) is 0 Å². The molecule has 25 heavy (non-hydrogen) atoms. The van der Waals surface area contributed by atoms with Crippen LogP contribution in [0.4, 0.5) is 5.69 Å². The minimum Gasteiger partial charge on any atom is -0.368 e. The van der Waals surface area contributed by atoms with E-state index in [9.17, 15) is 4.79 Å². The quantitative estimate of drug-likeness (QED) is 0.821. The molecule has 4 nitrogen and oxygen atoms in total. The van der Waals surface area contributed by atoms with Crippen LogP contribution in [0.15, 0.2) is 58.3 Å². The number of hydrogen-bond acceptors (Lipinski definition) is 4. The summed E-state index contributed by atoms with van der Waals surface area (Å²) < 4.78 is 5.56. The average molecular weight is 377 g/mol.